The van der Waals surface area contributed by atoms with Gasteiger partial charge in [0.25, 0.3) is 0 Å². The highest BCUT2D eigenvalue weighted by Crippen LogP contribution is 2.53. The summed E-state index contributed by atoms with van der Waals surface area (Å²) in [6, 6.07) is 79.3. The molecule has 0 saturated carbocycles. The second-order valence-electron chi connectivity index (χ2n) is 15.0. The van der Waals surface area contributed by atoms with Gasteiger partial charge in [0.1, 0.15) is 5.37 Å². The molecule has 11 rings (SSSR count). The fourth-order valence-corrected chi connectivity index (χ4v) is 9.81. The van der Waals surface area contributed by atoms with Crippen LogP contribution in [-0.2, 0) is 0 Å². The summed E-state index contributed by atoms with van der Waals surface area (Å²) in [5.41, 5.74) is 13.1. The molecule has 3 heteroatoms. The maximum Gasteiger partial charge on any atom is 0.103 e. The summed E-state index contributed by atoms with van der Waals surface area (Å²) in [6.45, 7) is 0. The molecule has 0 bridgehead atoms. The second kappa shape index (κ2) is 14.5. The van der Waals surface area contributed by atoms with Crippen molar-refractivity contribution < 1.29 is 0 Å². The summed E-state index contributed by atoms with van der Waals surface area (Å²) >= 11 is 1.92. The Morgan fingerprint density at radius 1 is 0.345 bits per heavy atom. The Labute approximate surface area is 343 Å². The summed E-state index contributed by atoms with van der Waals surface area (Å²) in [7, 11) is 0. The monoisotopic (exact) mass is 758 g/mol. The minimum atomic E-state index is 0.169. The molecule has 1 aliphatic rings. The Morgan fingerprint density at radius 3 is 1.47 bits per heavy atom. The molecule has 274 valence electrons. The fraction of sp³-hybridized carbons (Fsp3) is 0.0182. The molecule has 0 aromatic heterocycles. The summed E-state index contributed by atoms with van der Waals surface area (Å²) < 4.78 is 0. The molecular formula is C55H38N2S. The van der Waals surface area contributed by atoms with Crippen LogP contribution in [0.2, 0.25) is 0 Å². The molecule has 1 heterocycles. The quantitative estimate of drug-likeness (QED) is 0.163. The molecule has 10 aromatic rings. The van der Waals surface area contributed by atoms with Gasteiger partial charge < -0.3 is 10.2 Å². The maximum absolute atomic E-state index is 3.89. The van der Waals surface area contributed by atoms with Crippen molar-refractivity contribution in [3.8, 4) is 33.4 Å². The first-order chi connectivity index (χ1) is 28.7. The van der Waals surface area contributed by atoms with Crippen molar-refractivity contribution in [3.63, 3.8) is 0 Å². The van der Waals surface area contributed by atoms with Gasteiger partial charge in [-0.15, -0.1) is 0 Å². The summed E-state index contributed by atoms with van der Waals surface area (Å²) in [5.74, 6) is 0. The van der Waals surface area contributed by atoms with Gasteiger partial charge in [-0.05, 0) is 114 Å². The van der Waals surface area contributed by atoms with Gasteiger partial charge in [-0.2, -0.15) is 0 Å². The average Bonchev–Trinajstić information content (AvgIpc) is 3.77. The molecule has 1 aliphatic heterocycles. The van der Waals surface area contributed by atoms with Gasteiger partial charge >= 0.3 is 0 Å². The third-order valence-corrected chi connectivity index (χ3v) is 12.8. The van der Waals surface area contributed by atoms with Gasteiger partial charge in [-0.3, -0.25) is 0 Å². The van der Waals surface area contributed by atoms with Crippen LogP contribution < -0.4 is 10.2 Å². The summed E-state index contributed by atoms with van der Waals surface area (Å²) in [5, 5.41) is 11.7. The Hall–Kier alpha value is -7.07. The predicted octanol–water partition coefficient (Wildman–Crippen LogP) is 15.8. The van der Waals surface area contributed by atoms with Crippen LogP contribution in [0.5, 0.6) is 0 Å². The molecule has 0 aliphatic carbocycles. The number of thioether (sulfide) groups is 1. The molecule has 0 amide bonds. The number of nitrogens with zero attached hydrogens (tertiary/aromatic N) is 1. The average molecular weight is 759 g/mol. The first kappa shape index (κ1) is 34.2. The highest BCUT2D eigenvalue weighted by atomic mass is 32.2. The highest BCUT2D eigenvalue weighted by Gasteiger charge is 2.27. The Kier molecular flexibility index (Phi) is 8.53. The number of nitrogens with one attached hydrogen (secondary N) is 1. The summed E-state index contributed by atoms with van der Waals surface area (Å²) in [4.78, 5) is 3.67. The van der Waals surface area contributed by atoms with Crippen LogP contribution in [0.1, 0.15) is 10.9 Å². The zero-order valence-electron chi connectivity index (χ0n) is 31.7. The largest absolute Gasteiger partial charge is 0.368 e. The van der Waals surface area contributed by atoms with Crippen LogP contribution >= 0.6 is 11.8 Å². The smallest absolute Gasteiger partial charge is 0.103 e. The van der Waals surface area contributed by atoms with Crippen LogP contribution in [0, 0.1) is 0 Å². The predicted molar refractivity (Wildman–Crippen MR) is 249 cm³/mol. The van der Waals surface area contributed by atoms with E-state index in [9.17, 15) is 0 Å². The summed E-state index contributed by atoms with van der Waals surface area (Å²) in [6.07, 6.45) is 0. The molecule has 0 fully saturated rings. The SMILES string of the molecule is c1ccc(-c2ccc(N(c3ccc(-c4ccc5ccccc5c4)cc3)c3ccc(-c4ccc5c(c4)c4c(c6ccccc65)NC(c5ccccc5)S4)cc3)cc2)cc1. The standard InChI is InChI=1S/C55H38N2S/c1-3-11-37(12-4-1)39-21-28-46(29-22-39)57(47-30-23-40(24-31-47)44-20-19-38-13-7-8-16-43(38)35-44)48-32-25-41(26-33-48)45-27-34-50-49-17-9-10-18-51(49)53-54(52(50)36-45)58-55(56-53)42-14-5-2-6-15-42/h1-36,55-56H. The molecule has 0 spiro atoms. The van der Waals surface area contributed by atoms with E-state index in [1.165, 1.54) is 81.8 Å². The maximum atomic E-state index is 3.89. The topological polar surface area (TPSA) is 15.3 Å². The molecule has 10 aromatic carbocycles. The van der Waals surface area contributed by atoms with Crippen LogP contribution in [-0.4, -0.2) is 0 Å². The van der Waals surface area contributed by atoms with E-state index in [-0.39, 0.29) is 5.37 Å². The van der Waals surface area contributed by atoms with E-state index in [0.29, 0.717) is 0 Å². The van der Waals surface area contributed by atoms with Crippen molar-refractivity contribution in [2.75, 3.05) is 10.2 Å². The van der Waals surface area contributed by atoms with Gasteiger partial charge in [-0.25, -0.2) is 0 Å². The van der Waals surface area contributed by atoms with E-state index in [2.05, 4.69) is 229 Å². The van der Waals surface area contributed by atoms with E-state index < -0.39 is 0 Å². The van der Waals surface area contributed by atoms with E-state index in [1.54, 1.807) is 0 Å². The third-order valence-electron chi connectivity index (χ3n) is 11.5. The van der Waals surface area contributed by atoms with Crippen molar-refractivity contribution in [2.24, 2.45) is 0 Å². The zero-order valence-corrected chi connectivity index (χ0v) is 32.5. The molecule has 2 nitrogen and oxygen atoms in total. The highest BCUT2D eigenvalue weighted by molar-refractivity contribution is 8.00. The lowest BCUT2D eigenvalue weighted by Crippen LogP contribution is -2.09. The Balaban J connectivity index is 0.966. The van der Waals surface area contributed by atoms with E-state index >= 15 is 0 Å². The lowest BCUT2D eigenvalue weighted by Gasteiger charge is -2.26. The van der Waals surface area contributed by atoms with Crippen molar-refractivity contribution in [1.29, 1.82) is 0 Å². The van der Waals surface area contributed by atoms with Crippen molar-refractivity contribution >= 4 is 66.8 Å². The number of benzene rings is 10. The van der Waals surface area contributed by atoms with E-state index in [0.717, 1.165) is 17.1 Å². The van der Waals surface area contributed by atoms with Gasteiger partial charge in [-0.1, -0.05) is 182 Å². The Morgan fingerprint density at radius 2 is 0.810 bits per heavy atom. The van der Waals surface area contributed by atoms with Crippen LogP contribution in [0.3, 0.4) is 0 Å². The van der Waals surface area contributed by atoms with Crippen molar-refractivity contribution in [1.82, 2.24) is 0 Å². The second-order valence-corrected chi connectivity index (χ2v) is 16.1. The number of rotatable bonds is 7. The lowest BCUT2D eigenvalue weighted by atomic mass is 9.96. The number of anilines is 4. The third kappa shape index (κ3) is 6.17. The lowest BCUT2D eigenvalue weighted by molar-refractivity contribution is 1.14. The minimum absolute atomic E-state index is 0.169. The van der Waals surface area contributed by atoms with Crippen LogP contribution in [0.4, 0.5) is 22.7 Å². The minimum Gasteiger partial charge on any atom is -0.368 e. The van der Waals surface area contributed by atoms with Gasteiger partial charge in [0, 0.05) is 27.3 Å². The fourth-order valence-electron chi connectivity index (χ4n) is 8.52. The molecule has 58 heavy (non-hydrogen) atoms. The normalized spacial score (nSPS) is 13.4. The molecule has 0 radical (unpaired) electrons. The van der Waals surface area contributed by atoms with E-state index in [4.69, 9.17) is 0 Å². The molecule has 0 saturated heterocycles. The molecule has 1 atom stereocenters. The molecular weight excluding hydrogens is 721 g/mol. The Bertz CT molecular complexity index is 3090. The van der Waals surface area contributed by atoms with Crippen molar-refractivity contribution in [3.05, 3.63) is 224 Å². The number of fused-ring (bicyclic) bond motifs is 7. The van der Waals surface area contributed by atoms with Crippen molar-refractivity contribution in [2.45, 2.75) is 10.3 Å². The first-order valence-corrected chi connectivity index (χ1v) is 20.7. The van der Waals surface area contributed by atoms with Crippen LogP contribution in [0.25, 0.3) is 65.7 Å². The van der Waals surface area contributed by atoms with Gasteiger partial charge in [0.2, 0.25) is 0 Å². The number of hydrogen-bond acceptors (Lipinski definition) is 3. The van der Waals surface area contributed by atoms with Gasteiger partial charge in [0.15, 0.2) is 0 Å². The van der Waals surface area contributed by atoms with E-state index in [1.807, 2.05) is 11.8 Å². The zero-order chi connectivity index (χ0) is 38.4. The first-order valence-electron chi connectivity index (χ1n) is 19.9. The van der Waals surface area contributed by atoms with Crippen LogP contribution in [0.15, 0.2) is 223 Å². The molecule has 1 N–H and O–H groups in total. The number of hydrogen-bond donors (Lipinski definition) is 1. The van der Waals surface area contributed by atoms with Gasteiger partial charge in [0.05, 0.1) is 5.69 Å². The molecule has 1 unspecified atom stereocenters.